The summed E-state index contributed by atoms with van der Waals surface area (Å²) in [4.78, 5) is 40.0. The van der Waals surface area contributed by atoms with Crippen LogP contribution in [0.5, 0.6) is 17.2 Å². The molecular formula is C26H27N3O7. The first kappa shape index (κ1) is 23.7. The average molecular weight is 494 g/mol. The van der Waals surface area contributed by atoms with Crippen LogP contribution >= 0.6 is 0 Å². The molecule has 4 atom stereocenters. The van der Waals surface area contributed by atoms with Gasteiger partial charge in [0.1, 0.15) is 5.60 Å². The van der Waals surface area contributed by atoms with Crippen molar-refractivity contribution in [2.45, 2.75) is 18.6 Å². The number of carbonyl (C=O) groups is 3. The number of hydrogen-bond donors (Lipinski definition) is 2. The molecule has 2 aromatic carbocycles. The third kappa shape index (κ3) is 3.74. The molecule has 3 heterocycles. The molecule has 0 aromatic heterocycles. The molecule has 0 unspecified atom stereocenters. The van der Waals surface area contributed by atoms with E-state index in [1.807, 2.05) is 12.2 Å². The largest absolute Gasteiger partial charge is 0.493 e. The van der Waals surface area contributed by atoms with E-state index in [9.17, 15) is 14.4 Å². The lowest BCUT2D eigenvalue weighted by Gasteiger charge is -2.24. The van der Waals surface area contributed by atoms with Crippen LogP contribution in [0.4, 0.5) is 17.1 Å². The first-order valence-electron chi connectivity index (χ1n) is 11.5. The number of nitrogens with one attached hydrogen (secondary N) is 2. The highest BCUT2D eigenvalue weighted by Gasteiger charge is 2.67. The second-order valence-electron chi connectivity index (χ2n) is 8.96. The number of nitrogens with zero attached hydrogens (tertiary/aromatic N) is 1. The Balaban J connectivity index is 1.39. The minimum Gasteiger partial charge on any atom is -0.493 e. The minimum absolute atomic E-state index is 0.176. The van der Waals surface area contributed by atoms with Crippen LogP contribution < -0.4 is 29.7 Å². The number of anilines is 3. The molecule has 0 aliphatic carbocycles. The Morgan fingerprint density at radius 3 is 2.25 bits per heavy atom. The standard InChI is InChI=1S/C26H27N3O7/c1-14(30)27-15-5-7-17(8-6-15)29-13-26-10-9-18(36-26)21(22(26)25(29)32)24(31)28-16-11-19(33-2)23(35-4)20(12-16)34-3/h5-12,18,21-22H,13H2,1-4H3,(H,27,30)(H,28,31)/t18-,21-,22+,26+/m1/s1. The maximum atomic E-state index is 13.6. The van der Waals surface area contributed by atoms with Crippen LogP contribution in [0.2, 0.25) is 0 Å². The monoisotopic (exact) mass is 493 g/mol. The maximum Gasteiger partial charge on any atom is 0.234 e. The number of fused-ring (bicyclic) bond motifs is 1. The van der Waals surface area contributed by atoms with Gasteiger partial charge in [-0.25, -0.2) is 0 Å². The molecule has 0 radical (unpaired) electrons. The highest BCUT2D eigenvalue weighted by molar-refractivity contribution is 6.05. The van der Waals surface area contributed by atoms with Crippen LogP contribution in [-0.2, 0) is 19.1 Å². The molecule has 0 saturated carbocycles. The predicted octanol–water partition coefficient (Wildman–Crippen LogP) is 2.60. The smallest absolute Gasteiger partial charge is 0.234 e. The second kappa shape index (κ2) is 8.87. The van der Waals surface area contributed by atoms with Gasteiger partial charge in [-0.1, -0.05) is 12.2 Å². The minimum atomic E-state index is -0.866. The number of methoxy groups -OCH3 is 3. The van der Waals surface area contributed by atoms with E-state index in [4.69, 9.17) is 18.9 Å². The van der Waals surface area contributed by atoms with Crippen molar-refractivity contribution in [2.75, 3.05) is 43.4 Å². The summed E-state index contributed by atoms with van der Waals surface area (Å²) in [7, 11) is 4.49. The second-order valence-corrected chi connectivity index (χ2v) is 8.96. The van der Waals surface area contributed by atoms with Gasteiger partial charge < -0.3 is 34.5 Å². The van der Waals surface area contributed by atoms with Crippen molar-refractivity contribution in [2.24, 2.45) is 11.8 Å². The van der Waals surface area contributed by atoms with Crippen molar-refractivity contribution in [3.8, 4) is 17.2 Å². The van der Waals surface area contributed by atoms with Crippen molar-refractivity contribution >= 4 is 34.8 Å². The molecule has 2 aromatic rings. The van der Waals surface area contributed by atoms with Gasteiger partial charge in [-0.3, -0.25) is 14.4 Å². The van der Waals surface area contributed by atoms with Crippen LogP contribution in [0, 0.1) is 11.8 Å². The Morgan fingerprint density at radius 2 is 1.67 bits per heavy atom. The van der Waals surface area contributed by atoms with Gasteiger partial charge in [0.15, 0.2) is 11.5 Å². The predicted molar refractivity (Wildman–Crippen MR) is 132 cm³/mol. The van der Waals surface area contributed by atoms with Crippen LogP contribution in [0.3, 0.4) is 0 Å². The molecule has 2 bridgehead atoms. The molecule has 2 fully saturated rings. The molecule has 2 N–H and O–H groups in total. The van der Waals surface area contributed by atoms with Gasteiger partial charge in [0.25, 0.3) is 0 Å². The number of ether oxygens (including phenoxy) is 4. The molecule has 3 aliphatic heterocycles. The summed E-state index contributed by atoms with van der Waals surface area (Å²) in [5.74, 6) is -0.841. The SMILES string of the molecule is COc1cc(NC(=O)[C@H]2[C@H]3C(=O)N(c4ccc(NC(C)=O)cc4)C[C@@]34C=C[C@H]2O4)cc(OC)c1OC. The van der Waals surface area contributed by atoms with Crippen molar-refractivity contribution in [3.63, 3.8) is 0 Å². The highest BCUT2D eigenvalue weighted by Crippen LogP contribution is 2.53. The van der Waals surface area contributed by atoms with Gasteiger partial charge in [0.2, 0.25) is 23.5 Å². The summed E-state index contributed by atoms with van der Waals surface area (Å²) >= 11 is 0. The van der Waals surface area contributed by atoms with E-state index in [0.29, 0.717) is 40.9 Å². The Bertz CT molecular complexity index is 1230. The van der Waals surface area contributed by atoms with E-state index in [1.54, 1.807) is 41.3 Å². The van der Waals surface area contributed by atoms with Crippen LogP contribution in [-0.4, -0.2) is 57.3 Å². The highest BCUT2D eigenvalue weighted by atomic mass is 16.5. The Hall–Kier alpha value is -4.05. The molecule has 10 heteroatoms. The summed E-state index contributed by atoms with van der Waals surface area (Å²) in [5.41, 5.74) is 0.888. The van der Waals surface area contributed by atoms with Gasteiger partial charge in [-0.2, -0.15) is 0 Å². The lowest BCUT2D eigenvalue weighted by Crippen LogP contribution is -2.41. The number of hydrogen-bond acceptors (Lipinski definition) is 7. The van der Waals surface area contributed by atoms with Crippen molar-refractivity contribution in [1.82, 2.24) is 0 Å². The number of rotatable bonds is 7. The van der Waals surface area contributed by atoms with Crippen molar-refractivity contribution in [3.05, 3.63) is 48.6 Å². The van der Waals surface area contributed by atoms with E-state index < -0.39 is 23.5 Å². The molecule has 2 saturated heterocycles. The molecule has 3 aliphatic rings. The third-order valence-corrected chi connectivity index (χ3v) is 6.83. The summed E-state index contributed by atoms with van der Waals surface area (Å²) in [5, 5.41) is 5.61. The summed E-state index contributed by atoms with van der Waals surface area (Å²) in [6.07, 6.45) is 3.26. The Kier molecular flexibility index (Phi) is 5.83. The van der Waals surface area contributed by atoms with Gasteiger partial charge in [-0.15, -0.1) is 0 Å². The zero-order chi connectivity index (χ0) is 25.6. The van der Waals surface area contributed by atoms with E-state index >= 15 is 0 Å². The fourth-order valence-electron chi connectivity index (χ4n) is 5.32. The fraction of sp³-hybridized carbons (Fsp3) is 0.346. The van der Waals surface area contributed by atoms with Gasteiger partial charge >= 0.3 is 0 Å². The normalized spacial score (nSPS) is 25.5. The summed E-state index contributed by atoms with van der Waals surface area (Å²) < 4.78 is 22.3. The first-order valence-corrected chi connectivity index (χ1v) is 11.5. The molecule has 1 spiro atoms. The lowest BCUT2D eigenvalue weighted by molar-refractivity contribution is -0.128. The fourth-order valence-corrected chi connectivity index (χ4v) is 5.32. The average Bonchev–Trinajstić information content (AvgIpc) is 3.51. The summed E-state index contributed by atoms with van der Waals surface area (Å²) in [6.45, 7) is 1.73. The van der Waals surface area contributed by atoms with E-state index in [-0.39, 0.29) is 17.7 Å². The molecule has 188 valence electrons. The lowest BCUT2D eigenvalue weighted by atomic mass is 9.77. The Morgan fingerprint density at radius 1 is 1.00 bits per heavy atom. The molecular weight excluding hydrogens is 466 g/mol. The van der Waals surface area contributed by atoms with E-state index in [2.05, 4.69) is 10.6 Å². The quantitative estimate of drug-likeness (QED) is 0.570. The van der Waals surface area contributed by atoms with Crippen LogP contribution in [0.25, 0.3) is 0 Å². The van der Waals surface area contributed by atoms with Crippen molar-refractivity contribution in [1.29, 1.82) is 0 Å². The maximum absolute atomic E-state index is 13.6. The zero-order valence-corrected chi connectivity index (χ0v) is 20.4. The van der Waals surface area contributed by atoms with Crippen molar-refractivity contribution < 1.29 is 33.3 Å². The number of carbonyl (C=O) groups excluding carboxylic acids is 3. The summed E-state index contributed by atoms with van der Waals surface area (Å²) in [6, 6.07) is 10.3. The van der Waals surface area contributed by atoms with E-state index in [1.165, 1.54) is 28.3 Å². The topological polar surface area (TPSA) is 115 Å². The Labute approximate surface area is 208 Å². The molecule has 3 amide bonds. The van der Waals surface area contributed by atoms with Gasteiger partial charge in [0.05, 0.1) is 45.8 Å². The third-order valence-electron chi connectivity index (χ3n) is 6.83. The van der Waals surface area contributed by atoms with Crippen LogP contribution in [0.15, 0.2) is 48.6 Å². The first-order chi connectivity index (χ1) is 17.3. The number of benzene rings is 2. The van der Waals surface area contributed by atoms with Gasteiger partial charge in [-0.05, 0) is 24.3 Å². The zero-order valence-electron chi connectivity index (χ0n) is 20.4. The number of amides is 3. The van der Waals surface area contributed by atoms with E-state index in [0.717, 1.165) is 0 Å². The molecule has 5 rings (SSSR count). The molecule has 10 nitrogen and oxygen atoms in total. The molecule has 36 heavy (non-hydrogen) atoms. The van der Waals surface area contributed by atoms with Crippen LogP contribution in [0.1, 0.15) is 6.92 Å². The van der Waals surface area contributed by atoms with Gasteiger partial charge in [0, 0.05) is 36.1 Å².